The van der Waals surface area contributed by atoms with Gasteiger partial charge in [-0.2, -0.15) is 8.42 Å². The van der Waals surface area contributed by atoms with Gasteiger partial charge in [0.05, 0.1) is 0 Å². The molecule has 0 aliphatic carbocycles. The number of para-hydroxylation sites is 4. The predicted molar refractivity (Wildman–Crippen MR) is 77.6 cm³/mol. The monoisotopic (exact) mass is 324 g/mol. The molecule has 2 rings (SSSR count). The van der Waals surface area contributed by atoms with Crippen LogP contribution in [0.15, 0.2) is 48.5 Å². The Hall–Kier alpha value is -1.29. The molecule has 9 heteroatoms. The molecule has 0 atom stereocenters. The summed E-state index contributed by atoms with van der Waals surface area (Å²) < 4.78 is 36.9. The first-order valence-electron chi connectivity index (χ1n) is 5.21. The number of hydrogen-bond acceptors (Lipinski definition) is 5. The number of hydrogen-bond donors (Lipinski definition) is 4. The second-order valence-corrected chi connectivity index (χ2v) is 4.38. The summed E-state index contributed by atoms with van der Waals surface area (Å²) in [7, 11) is -4.67. The summed E-state index contributed by atoms with van der Waals surface area (Å²) in [4.78, 5) is 0. The average Bonchev–Trinajstić information content (AvgIpc) is 2.33. The van der Waals surface area contributed by atoms with Gasteiger partial charge in [0.25, 0.3) is 0 Å². The molecule has 2 aromatic carbocycles. The van der Waals surface area contributed by atoms with Gasteiger partial charge in [0.1, 0.15) is 0 Å². The van der Waals surface area contributed by atoms with E-state index in [1.54, 1.807) is 36.4 Å². The van der Waals surface area contributed by atoms with Crippen LogP contribution in [-0.2, 0) is 10.4 Å². The molecule has 0 unspecified atom stereocenters. The van der Waals surface area contributed by atoms with Crippen molar-refractivity contribution >= 4 is 40.0 Å². The molecular formula is C12H13NaO7S. The fourth-order valence-corrected chi connectivity index (χ4v) is 1.21. The Balaban J connectivity index is 0.000000583. The average molecular weight is 324 g/mol. The van der Waals surface area contributed by atoms with E-state index in [1.807, 2.05) is 0 Å². The number of ether oxygens (including phenoxy) is 1. The molecular weight excluding hydrogens is 311 g/mol. The molecule has 0 fully saturated rings. The second kappa shape index (κ2) is 8.88. The topological polar surface area (TPSA) is 124 Å². The molecule has 0 aromatic heterocycles. The van der Waals surface area contributed by atoms with E-state index in [2.05, 4.69) is 0 Å². The molecule has 0 amide bonds. The maximum atomic E-state index is 9.46. The van der Waals surface area contributed by atoms with E-state index in [1.165, 1.54) is 12.1 Å². The van der Waals surface area contributed by atoms with Crippen molar-refractivity contribution in [1.29, 1.82) is 0 Å². The van der Waals surface area contributed by atoms with Crippen molar-refractivity contribution in [2.45, 2.75) is 0 Å². The normalized spacial score (nSPS) is 9.81. The third kappa shape index (κ3) is 8.56. The van der Waals surface area contributed by atoms with Crippen molar-refractivity contribution in [3.8, 4) is 23.0 Å². The Bertz CT molecular complexity index is 621. The summed E-state index contributed by atoms with van der Waals surface area (Å²) in [5.41, 5.74) is 0. The van der Waals surface area contributed by atoms with Crippen molar-refractivity contribution in [3.63, 3.8) is 0 Å². The van der Waals surface area contributed by atoms with E-state index >= 15 is 0 Å². The van der Waals surface area contributed by atoms with E-state index in [0.29, 0.717) is 11.5 Å². The Kier molecular flexibility index (Phi) is 8.33. The second-order valence-electron chi connectivity index (χ2n) is 3.49. The molecule has 0 heterocycles. The van der Waals surface area contributed by atoms with Gasteiger partial charge >= 0.3 is 40.0 Å². The number of phenolic OH excluding ortho intramolecular Hbond substituents is 2. The first-order valence-corrected chi connectivity index (χ1v) is 6.61. The molecule has 0 spiro atoms. The number of rotatable bonds is 2. The van der Waals surface area contributed by atoms with Gasteiger partial charge in [-0.15, -0.1) is 0 Å². The van der Waals surface area contributed by atoms with Crippen molar-refractivity contribution in [2.24, 2.45) is 0 Å². The fourth-order valence-electron chi connectivity index (χ4n) is 1.21. The maximum absolute atomic E-state index is 9.46. The molecule has 110 valence electrons. The van der Waals surface area contributed by atoms with Crippen molar-refractivity contribution < 1.29 is 32.5 Å². The van der Waals surface area contributed by atoms with Gasteiger partial charge < -0.3 is 14.9 Å². The fraction of sp³-hybridized carbons (Fsp3) is 0. The molecule has 0 saturated heterocycles. The minimum absolute atomic E-state index is 0. The van der Waals surface area contributed by atoms with Crippen molar-refractivity contribution in [3.05, 3.63) is 48.5 Å². The molecule has 0 bridgehead atoms. The number of aromatic hydroxyl groups is 2. The third-order valence-corrected chi connectivity index (χ3v) is 1.95. The van der Waals surface area contributed by atoms with Crippen LogP contribution in [0.2, 0.25) is 0 Å². The van der Waals surface area contributed by atoms with Gasteiger partial charge in [-0.25, -0.2) is 0 Å². The Morgan fingerprint density at radius 2 is 1.05 bits per heavy atom. The summed E-state index contributed by atoms with van der Waals surface area (Å²) in [6.07, 6.45) is 0. The SMILES string of the molecule is O=S(=O)(O)O.Oc1ccccc1Oc1ccccc1O.[NaH]. The van der Waals surface area contributed by atoms with Crippen LogP contribution in [0.25, 0.3) is 0 Å². The summed E-state index contributed by atoms with van der Waals surface area (Å²) in [5.74, 6) is 0.722. The Labute approximate surface area is 143 Å². The van der Waals surface area contributed by atoms with Gasteiger partial charge in [-0.1, -0.05) is 24.3 Å². The van der Waals surface area contributed by atoms with Crippen LogP contribution >= 0.6 is 0 Å². The van der Waals surface area contributed by atoms with Crippen molar-refractivity contribution in [2.75, 3.05) is 0 Å². The Morgan fingerprint density at radius 1 is 0.762 bits per heavy atom. The third-order valence-electron chi connectivity index (χ3n) is 1.95. The van der Waals surface area contributed by atoms with Gasteiger partial charge in [0.15, 0.2) is 23.0 Å². The van der Waals surface area contributed by atoms with Gasteiger partial charge in [-0.3, -0.25) is 9.11 Å². The van der Waals surface area contributed by atoms with Crippen LogP contribution in [0.3, 0.4) is 0 Å². The van der Waals surface area contributed by atoms with Crippen LogP contribution in [0.4, 0.5) is 0 Å². The van der Waals surface area contributed by atoms with Crippen LogP contribution in [0, 0.1) is 0 Å². The van der Waals surface area contributed by atoms with Gasteiger partial charge in [0.2, 0.25) is 0 Å². The van der Waals surface area contributed by atoms with Crippen LogP contribution < -0.4 is 4.74 Å². The summed E-state index contributed by atoms with van der Waals surface area (Å²) in [5, 5.41) is 18.9. The molecule has 4 N–H and O–H groups in total. The zero-order valence-electron chi connectivity index (χ0n) is 10.0. The molecule has 0 radical (unpaired) electrons. The molecule has 0 aliphatic rings. The van der Waals surface area contributed by atoms with E-state index in [9.17, 15) is 10.2 Å². The molecule has 7 nitrogen and oxygen atoms in total. The molecule has 0 aliphatic heterocycles. The summed E-state index contributed by atoms with van der Waals surface area (Å²) in [6.45, 7) is 0. The molecule has 21 heavy (non-hydrogen) atoms. The number of phenols is 2. The van der Waals surface area contributed by atoms with E-state index in [0.717, 1.165) is 0 Å². The predicted octanol–water partition coefficient (Wildman–Crippen LogP) is 1.59. The van der Waals surface area contributed by atoms with Gasteiger partial charge in [0, 0.05) is 0 Å². The van der Waals surface area contributed by atoms with Crippen LogP contribution in [0.5, 0.6) is 23.0 Å². The quantitative estimate of drug-likeness (QED) is 0.488. The van der Waals surface area contributed by atoms with E-state index < -0.39 is 10.4 Å². The zero-order chi connectivity index (χ0) is 15.2. The molecule has 2 aromatic rings. The first kappa shape index (κ1) is 19.7. The first-order chi connectivity index (χ1) is 9.27. The van der Waals surface area contributed by atoms with Gasteiger partial charge in [-0.05, 0) is 24.3 Å². The number of benzene rings is 2. The minimum atomic E-state index is -4.67. The van der Waals surface area contributed by atoms with Crippen LogP contribution in [0.1, 0.15) is 0 Å². The van der Waals surface area contributed by atoms with Crippen molar-refractivity contribution in [1.82, 2.24) is 0 Å². The Morgan fingerprint density at radius 3 is 1.33 bits per heavy atom. The van der Waals surface area contributed by atoms with Crippen LogP contribution in [-0.4, -0.2) is 57.3 Å². The zero-order valence-corrected chi connectivity index (χ0v) is 10.9. The summed E-state index contributed by atoms with van der Waals surface area (Å²) >= 11 is 0. The van der Waals surface area contributed by atoms with E-state index in [-0.39, 0.29) is 41.1 Å². The standard InChI is InChI=1S/C12H10O3.Na.H2O4S.H/c13-9-5-1-3-7-11(9)15-12-8-4-2-6-10(12)14;;1-5(2,3)4;/h1-8,13-14H;;(H2,1,2,3,4);. The van der Waals surface area contributed by atoms with E-state index in [4.69, 9.17) is 22.3 Å². The summed E-state index contributed by atoms with van der Waals surface area (Å²) in [6, 6.07) is 13.2. The molecule has 0 saturated carbocycles.